The highest BCUT2D eigenvalue weighted by Crippen LogP contribution is 2.25. The van der Waals surface area contributed by atoms with Gasteiger partial charge in [0.2, 0.25) is 5.88 Å². The average molecular weight is 312 g/mol. The Kier molecular flexibility index (Phi) is 6.27. The molecule has 0 amide bonds. The number of rotatable bonds is 6. The average Bonchev–Trinajstić information content (AvgIpc) is 2.44. The first-order valence-corrected chi connectivity index (χ1v) is 8.12. The van der Waals surface area contributed by atoms with Crippen molar-refractivity contribution < 1.29 is 4.74 Å². The van der Waals surface area contributed by atoms with Crippen LogP contribution < -0.4 is 10.1 Å². The number of halogens is 1. The molecule has 0 aliphatic carbocycles. The molecule has 1 N–H and O–H groups in total. The Hall–Kier alpha value is -0.840. The van der Waals surface area contributed by atoms with E-state index in [1.807, 2.05) is 12.3 Å². The van der Waals surface area contributed by atoms with Crippen LogP contribution in [-0.4, -0.2) is 42.7 Å². The van der Waals surface area contributed by atoms with Gasteiger partial charge >= 0.3 is 0 Å². The molecule has 0 aromatic carbocycles. The van der Waals surface area contributed by atoms with Crippen molar-refractivity contribution in [2.45, 2.75) is 39.3 Å². The van der Waals surface area contributed by atoms with Crippen molar-refractivity contribution in [2.75, 3.05) is 26.7 Å². The second-order valence-corrected chi connectivity index (χ2v) is 6.68. The summed E-state index contributed by atoms with van der Waals surface area (Å²) in [6.45, 7) is 8.30. The number of piperidine rings is 1. The van der Waals surface area contributed by atoms with Crippen molar-refractivity contribution in [3.63, 3.8) is 0 Å². The summed E-state index contributed by atoms with van der Waals surface area (Å²) in [7, 11) is 2.14. The zero-order valence-electron chi connectivity index (χ0n) is 13.2. The fraction of sp³-hybridized carbons (Fsp3) is 0.688. The first kappa shape index (κ1) is 16.5. The number of ether oxygens (including phenoxy) is 1. The molecular formula is C16H26ClN3O. The van der Waals surface area contributed by atoms with Gasteiger partial charge in [0.1, 0.15) is 11.1 Å². The summed E-state index contributed by atoms with van der Waals surface area (Å²) >= 11 is 6.29. The lowest BCUT2D eigenvalue weighted by Crippen LogP contribution is -2.35. The molecule has 0 unspecified atom stereocenters. The van der Waals surface area contributed by atoms with Crippen LogP contribution >= 0.6 is 11.6 Å². The second kappa shape index (κ2) is 7.97. The van der Waals surface area contributed by atoms with E-state index in [-0.39, 0.29) is 6.10 Å². The number of hydrogen-bond donors (Lipinski definition) is 1. The maximum Gasteiger partial charge on any atom is 0.232 e. The van der Waals surface area contributed by atoms with E-state index in [1.165, 1.54) is 0 Å². The third-order valence-corrected chi connectivity index (χ3v) is 3.96. The summed E-state index contributed by atoms with van der Waals surface area (Å²) in [5, 5.41) is 4.00. The highest BCUT2D eigenvalue weighted by molar-refractivity contribution is 6.31. The van der Waals surface area contributed by atoms with Gasteiger partial charge in [-0.05, 0) is 44.0 Å². The zero-order chi connectivity index (χ0) is 15.2. The Morgan fingerprint density at radius 1 is 1.43 bits per heavy atom. The van der Waals surface area contributed by atoms with Crippen molar-refractivity contribution in [1.82, 2.24) is 15.2 Å². The maximum atomic E-state index is 6.29. The van der Waals surface area contributed by atoms with Crippen LogP contribution in [0.5, 0.6) is 5.88 Å². The third kappa shape index (κ3) is 5.46. The molecule has 1 saturated heterocycles. The quantitative estimate of drug-likeness (QED) is 0.876. The molecule has 0 saturated carbocycles. The molecular weight excluding hydrogens is 286 g/mol. The summed E-state index contributed by atoms with van der Waals surface area (Å²) in [6.07, 6.45) is 4.15. The van der Waals surface area contributed by atoms with Gasteiger partial charge in [0.25, 0.3) is 0 Å². The number of nitrogens with zero attached hydrogens (tertiary/aromatic N) is 2. The predicted octanol–water partition coefficient (Wildman–Crippen LogP) is 2.95. The third-order valence-electron chi connectivity index (χ3n) is 3.69. The molecule has 1 aliphatic heterocycles. The minimum Gasteiger partial charge on any atom is -0.473 e. The Morgan fingerprint density at radius 2 is 2.14 bits per heavy atom. The van der Waals surface area contributed by atoms with E-state index >= 15 is 0 Å². The predicted molar refractivity (Wildman–Crippen MR) is 86.9 cm³/mol. The monoisotopic (exact) mass is 311 g/mol. The van der Waals surface area contributed by atoms with Gasteiger partial charge in [0, 0.05) is 25.8 Å². The second-order valence-electron chi connectivity index (χ2n) is 6.28. The van der Waals surface area contributed by atoms with Crippen molar-refractivity contribution in [3.05, 3.63) is 22.8 Å². The van der Waals surface area contributed by atoms with Gasteiger partial charge in [-0.3, -0.25) is 0 Å². The molecule has 1 aromatic rings. The Bertz CT molecular complexity index is 445. The van der Waals surface area contributed by atoms with Gasteiger partial charge in [-0.2, -0.15) is 0 Å². The van der Waals surface area contributed by atoms with Crippen LogP contribution in [0.4, 0.5) is 0 Å². The van der Waals surface area contributed by atoms with E-state index in [0.29, 0.717) is 16.8 Å². The fourth-order valence-corrected chi connectivity index (χ4v) is 2.65. The Morgan fingerprint density at radius 3 is 2.76 bits per heavy atom. The van der Waals surface area contributed by atoms with Crippen molar-refractivity contribution in [2.24, 2.45) is 5.92 Å². The molecule has 118 valence electrons. The molecule has 1 aliphatic rings. The minimum absolute atomic E-state index is 0.233. The molecule has 0 bridgehead atoms. The molecule has 0 atom stereocenters. The highest BCUT2D eigenvalue weighted by Gasteiger charge is 2.19. The number of hydrogen-bond acceptors (Lipinski definition) is 4. The Labute approximate surface area is 132 Å². The van der Waals surface area contributed by atoms with Crippen LogP contribution in [0.3, 0.4) is 0 Å². The first-order valence-electron chi connectivity index (χ1n) is 7.75. The number of likely N-dealkylation sites (tertiary alicyclic amines) is 1. The van der Waals surface area contributed by atoms with Gasteiger partial charge in [0.15, 0.2) is 0 Å². The van der Waals surface area contributed by atoms with Crippen LogP contribution in [0, 0.1) is 5.92 Å². The molecule has 2 rings (SSSR count). The molecule has 1 aromatic heterocycles. The van der Waals surface area contributed by atoms with Crippen LogP contribution in [0.2, 0.25) is 5.02 Å². The molecule has 1 fully saturated rings. The van der Waals surface area contributed by atoms with Crippen LogP contribution in [-0.2, 0) is 6.54 Å². The smallest absolute Gasteiger partial charge is 0.232 e. The highest BCUT2D eigenvalue weighted by atomic mass is 35.5. The normalized spacial score (nSPS) is 17.4. The Balaban J connectivity index is 1.87. The lowest BCUT2D eigenvalue weighted by Gasteiger charge is -2.29. The molecule has 0 spiro atoms. The molecule has 21 heavy (non-hydrogen) atoms. The van der Waals surface area contributed by atoms with E-state index in [0.717, 1.165) is 44.6 Å². The molecule has 2 heterocycles. The molecule has 5 heteroatoms. The van der Waals surface area contributed by atoms with Crippen molar-refractivity contribution in [1.29, 1.82) is 0 Å². The van der Waals surface area contributed by atoms with E-state index in [1.54, 1.807) is 0 Å². The van der Waals surface area contributed by atoms with Gasteiger partial charge in [-0.1, -0.05) is 25.4 Å². The lowest BCUT2D eigenvalue weighted by molar-refractivity contribution is 0.110. The minimum atomic E-state index is 0.233. The van der Waals surface area contributed by atoms with E-state index < -0.39 is 0 Å². The zero-order valence-corrected chi connectivity index (χ0v) is 14.0. The molecule has 0 radical (unpaired) electrons. The van der Waals surface area contributed by atoms with Crippen LogP contribution in [0.15, 0.2) is 12.3 Å². The van der Waals surface area contributed by atoms with E-state index in [9.17, 15) is 0 Å². The number of aromatic nitrogens is 1. The summed E-state index contributed by atoms with van der Waals surface area (Å²) in [5.74, 6) is 1.21. The van der Waals surface area contributed by atoms with Crippen molar-refractivity contribution >= 4 is 11.6 Å². The van der Waals surface area contributed by atoms with Gasteiger partial charge in [-0.15, -0.1) is 0 Å². The lowest BCUT2D eigenvalue weighted by atomic mass is 10.1. The summed E-state index contributed by atoms with van der Waals surface area (Å²) in [6, 6.07) is 1.95. The SMILES string of the molecule is CC(C)CNCc1cnc(OC2CCN(C)CC2)c(Cl)c1. The first-order chi connectivity index (χ1) is 10.0. The van der Waals surface area contributed by atoms with E-state index in [4.69, 9.17) is 16.3 Å². The number of nitrogens with one attached hydrogen (secondary N) is 1. The summed E-state index contributed by atoms with van der Waals surface area (Å²) < 4.78 is 5.94. The maximum absolute atomic E-state index is 6.29. The fourth-order valence-electron chi connectivity index (χ4n) is 2.41. The molecule has 4 nitrogen and oxygen atoms in total. The standard InChI is InChI=1S/C16H26ClN3O/c1-12(2)9-18-10-13-8-15(17)16(19-11-13)21-14-4-6-20(3)7-5-14/h8,11-12,14,18H,4-7,9-10H2,1-3H3. The summed E-state index contributed by atoms with van der Waals surface area (Å²) in [4.78, 5) is 6.70. The largest absolute Gasteiger partial charge is 0.473 e. The summed E-state index contributed by atoms with van der Waals surface area (Å²) in [5.41, 5.74) is 1.09. The number of pyridine rings is 1. The van der Waals surface area contributed by atoms with Crippen LogP contribution in [0.1, 0.15) is 32.3 Å². The van der Waals surface area contributed by atoms with Crippen LogP contribution in [0.25, 0.3) is 0 Å². The van der Waals surface area contributed by atoms with Crippen molar-refractivity contribution in [3.8, 4) is 5.88 Å². The van der Waals surface area contributed by atoms with E-state index in [2.05, 4.69) is 36.1 Å². The van der Waals surface area contributed by atoms with Gasteiger partial charge in [-0.25, -0.2) is 4.98 Å². The topological polar surface area (TPSA) is 37.4 Å². The van der Waals surface area contributed by atoms with Gasteiger partial charge in [0.05, 0.1) is 0 Å². The van der Waals surface area contributed by atoms with Gasteiger partial charge < -0.3 is 15.0 Å².